The standard InChI is InChI=1S/C18H27N5O2S2/c1-7-19-18(20-9-14-10(3)21-13(6)26-14)23-12(5)16-22-11(4)15(27-16)17(24)25-8-2/h12H,7-9H2,1-6H3,(H2,19,20,23). The van der Waals surface area contributed by atoms with E-state index in [0.29, 0.717) is 29.7 Å². The van der Waals surface area contributed by atoms with E-state index in [1.54, 1.807) is 18.3 Å². The van der Waals surface area contributed by atoms with Gasteiger partial charge in [-0.2, -0.15) is 0 Å². The lowest BCUT2D eigenvalue weighted by molar-refractivity contribution is 0.0531. The highest BCUT2D eigenvalue weighted by Gasteiger charge is 2.20. The van der Waals surface area contributed by atoms with Crippen molar-refractivity contribution in [3.05, 3.63) is 31.2 Å². The first-order valence-corrected chi connectivity index (χ1v) is 10.6. The van der Waals surface area contributed by atoms with Gasteiger partial charge in [0.05, 0.1) is 35.6 Å². The minimum absolute atomic E-state index is 0.0843. The topological polar surface area (TPSA) is 88.5 Å². The monoisotopic (exact) mass is 409 g/mol. The number of carbonyl (C=O) groups excluding carboxylic acids is 1. The zero-order chi connectivity index (χ0) is 20.0. The lowest BCUT2D eigenvalue weighted by Gasteiger charge is -2.15. The maximum atomic E-state index is 12.0. The number of ether oxygens (including phenoxy) is 1. The molecule has 0 aliphatic carbocycles. The van der Waals surface area contributed by atoms with Gasteiger partial charge in [-0.1, -0.05) is 0 Å². The summed E-state index contributed by atoms with van der Waals surface area (Å²) in [4.78, 5) is 27.4. The Morgan fingerprint density at radius 3 is 2.52 bits per heavy atom. The van der Waals surface area contributed by atoms with E-state index in [-0.39, 0.29) is 12.0 Å². The molecule has 0 spiro atoms. The third kappa shape index (κ3) is 5.74. The van der Waals surface area contributed by atoms with E-state index in [9.17, 15) is 4.79 Å². The number of hydrogen-bond acceptors (Lipinski definition) is 7. The highest BCUT2D eigenvalue weighted by atomic mass is 32.1. The second-order valence-corrected chi connectivity index (χ2v) is 8.31. The largest absolute Gasteiger partial charge is 0.462 e. The van der Waals surface area contributed by atoms with Crippen LogP contribution >= 0.6 is 22.7 Å². The summed E-state index contributed by atoms with van der Waals surface area (Å²) in [6.07, 6.45) is 0. The second kappa shape index (κ2) is 9.80. The summed E-state index contributed by atoms with van der Waals surface area (Å²) in [7, 11) is 0. The summed E-state index contributed by atoms with van der Waals surface area (Å²) in [5, 5.41) is 8.49. The van der Waals surface area contributed by atoms with Crippen LogP contribution in [0.3, 0.4) is 0 Å². The molecule has 0 fully saturated rings. The summed E-state index contributed by atoms with van der Waals surface area (Å²) >= 11 is 3.02. The molecule has 9 heteroatoms. The highest BCUT2D eigenvalue weighted by Crippen LogP contribution is 2.24. The zero-order valence-electron chi connectivity index (χ0n) is 16.7. The number of nitrogens with zero attached hydrogens (tertiary/aromatic N) is 3. The molecule has 0 bridgehead atoms. The van der Waals surface area contributed by atoms with Gasteiger partial charge >= 0.3 is 5.97 Å². The summed E-state index contributed by atoms with van der Waals surface area (Å²) < 4.78 is 5.09. The molecule has 148 valence electrons. The lowest BCUT2D eigenvalue weighted by atomic mass is 10.3. The van der Waals surface area contributed by atoms with Crippen LogP contribution in [0.2, 0.25) is 0 Å². The Morgan fingerprint density at radius 1 is 1.19 bits per heavy atom. The fourth-order valence-electron chi connectivity index (χ4n) is 2.45. The van der Waals surface area contributed by atoms with Gasteiger partial charge in [0.2, 0.25) is 0 Å². The van der Waals surface area contributed by atoms with Crippen molar-refractivity contribution in [1.82, 2.24) is 20.6 Å². The zero-order valence-corrected chi connectivity index (χ0v) is 18.3. The van der Waals surface area contributed by atoms with Crippen molar-refractivity contribution in [3.63, 3.8) is 0 Å². The van der Waals surface area contributed by atoms with Crippen LogP contribution in [0.1, 0.15) is 62.8 Å². The molecule has 27 heavy (non-hydrogen) atoms. The molecule has 2 N–H and O–H groups in total. The van der Waals surface area contributed by atoms with Crippen LogP contribution in [0.5, 0.6) is 0 Å². The Morgan fingerprint density at radius 2 is 1.93 bits per heavy atom. The Bertz CT molecular complexity index is 813. The lowest BCUT2D eigenvalue weighted by Crippen LogP contribution is -2.38. The molecule has 0 saturated heterocycles. The Hall–Kier alpha value is -2.00. The van der Waals surface area contributed by atoms with Gasteiger partial charge in [0.1, 0.15) is 9.88 Å². The summed E-state index contributed by atoms with van der Waals surface area (Å²) in [5.41, 5.74) is 1.72. The van der Waals surface area contributed by atoms with Crippen LogP contribution < -0.4 is 10.6 Å². The summed E-state index contributed by atoms with van der Waals surface area (Å²) in [6, 6.07) is -0.0843. The van der Waals surface area contributed by atoms with Crippen molar-refractivity contribution in [2.24, 2.45) is 4.99 Å². The quantitative estimate of drug-likeness (QED) is 0.413. The van der Waals surface area contributed by atoms with E-state index in [1.807, 2.05) is 34.6 Å². The first kappa shape index (κ1) is 21.3. The predicted octanol–water partition coefficient (Wildman–Crippen LogP) is 3.52. The van der Waals surface area contributed by atoms with Gasteiger partial charge in [0.15, 0.2) is 5.96 Å². The number of esters is 1. The fourth-order valence-corrected chi connectivity index (χ4v) is 4.27. The molecule has 0 radical (unpaired) electrons. The van der Waals surface area contributed by atoms with Crippen LogP contribution in [-0.4, -0.2) is 35.0 Å². The van der Waals surface area contributed by atoms with Gasteiger partial charge in [0.25, 0.3) is 0 Å². The van der Waals surface area contributed by atoms with Gasteiger partial charge in [-0.15, -0.1) is 22.7 Å². The van der Waals surface area contributed by atoms with E-state index >= 15 is 0 Å². The average Bonchev–Trinajstić information content (AvgIpc) is 3.15. The summed E-state index contributed by atoms with van der Waals surface area (Å²) in [5.74, 6) is 0.392. The number of thiazole rings is 2. The molecule has 1 atom stereocenters. The first-order chi connectivity index (χ1) is 12.8. The Kier molecular flexibility index (Phi) is 7.73. The third-order valence-electron chi connectivity index (χ3n) is 3.72. The van der Waals surface area contributed by atoms with E-state index in [0.717, 1.165) is 27.1 Å². The molecule has 0 amide bonds. The van der Waals surface area contributed by atoms with Gasteiger partial charge in [-0.05, 0) is 41.5 Å². The second-order valence-electron chi connectivity index (χ2n) is 5.99. The maximum absolute atomic E-state index is 12.0. The van der Waals surface area contributed by atoms with E-state index in [1.165, 1.54) is 11.3 Å². The third-order valence-corrected chi connectivity index (χ3v) is 6.10. The van der Waals surface area contributed by atoms with Gasteiger partial charge < -0.3 is 15.4 Å². The molecule has 0 saturated carbocycles. The predicted molar refractivity (Wildman–Crippen MR) is 111 cm³/mol. The smallest absolute Gasteiger partial charge is 0.350 e. The number of guanidine groups is 1. The molecule has 0 aromatic carbocycles. The minimum atomic E-state index is -0.317. The Balaban J connectivity index is 2.11. The molecule has 0 aliphatic rings. The average molecular weight is 410 g/mol. The highest BCUT2D eigenvalue weighted by molar-refractivity contribution is 7.13. The number of aryl methyl sites for hydroxylation is 3. The SMILES string of the molecule is CCNC(=NCc1sc(C)nc1C)NC(C)c1nc(C)c(C(=O)OCC)s1. The van der Waals surface area contributed by atoms with E-state index < -0.39 is 0 Å². The molecule has 2 rings (SSSR count). The van der Waals surface area contributed by atoms with E-state index in [2.05, 4.69) is 25.6 Å². The molecule has 2 aromatic rings. The van der Waals surface area contributed by atoms with Crippen molar-refractivity contribution < 1.29 is 9.53 Å². The van der Waals surface area contributed by atoms with Crippen LogP contribution in [-0.2, 0) is 11.3 Å². The van der Waals surface area contributed by atoms with Crippen molar-refractivity contribution in [1.29, 1.82) is 0 Å². The minimum Gasteiger partial charge on any atom is -0.462 e. The van der Waals surface area contributed by atoms with Crippen LogP contribution in [0, 0.1) is 20.8 Å². The van der Waals surface area contributed by atoms with Crippen LogP contribution in [0.25, 0.3) is 0 Å². The summed E-state index contributed by atoms with van der Waals surface area (Å²) in [6.45, 7) is 13.3. The Labute approximate surface area is 168 Å². The van der Waals surface area contributed by atoms with Crippen molar-refractivity contribution in [2.75, 3.05) is 13.2 Å². The van der Waals surface area contributed by atoms with Gasteiger partial charge in [-0.3, -0.25) is 0 Å². The van der Waals surface area contributed by atoms with Crippen molar-refractivity contribution in [3.8, 4) is 0 Å². The number of carbonyl (C=O) groups is 1. The molecule has 1 unspecified atom stereocenters. The van der Waals surface area contributed by atoms with Crippen LogP contribution in [0.4, 0.5) is 0 Å². The molecule has 7 nitrogen and oxygen atoms in total. The normalized spacial score (nSPS) is 12.7. The molecule has 0 aliphatic heterocycles. The van der Waals surface area contributed by atoms with Crippen molar-refractivity contribution in [2.45, 2.75) is 54.1 Å². The van der Waals surface area contributed by atoms with E-state index in [4.69, 9.17) is 4.74 Å². The number of aromatic nitrogens is 2. The molecule has 2 aromatic heterocycles. The molecular formula is C18H27N5O2S2. The maximum Gasteiger partial charge on any atom is 0.350 e. The number of hydrogen-bond donors (Lipinski definition) is 2. The molecular weight excluding hydrogens is 382 g/mol. The molecule has 2 heterocycles. The van der Waals surface area contributed by atoms with Gasteiger partial charge in [0, 0.05) is 11.4 Å². The number of nitrogens with one attached hydrogen (secondary N) is 2. The number of rotatable bonds is 7. The van der Waals surface area contributed by atoms with Crippen molar-refractivity contribution >= 4 is 34.6 Å². The van der Waals surface area contributed by atoms with Gasteiger partial charge in [-0.25, -0.2) is 19.8 Å². The number of aliphatic imine (C=N–C) groups is 1. The fraction of sp³-hybridized carbons (Fsp3) is 0.556. The first-order valence-electron chi connectivity index (χ1n) is 8.97. The van der Waals surface area contributed by atoms with Crippen LogP contribution in [0.15, 0.2) is 4.99 Å².